The standard InChI is InChI=1S/C13H19FN2O2S/c14-12-5-3-11(4-6-12)10-19(17,18)16-9-7-13-2-1-8-15-13/h3-6,13,15-16H,1-2,7-10H2/t13-/m1/s1. The van der Waals surface area contributed by atoms with Crippen LogP contribution < -0.4 is 10.0 Å². The molecule has 1 heterocycles. The fourth-order valence-electron chi connectivity index (χ4n) is 2.24. The zero-order chi connectivity index (χ0) is 13.7. The number of sulfonamides is 1. The van der Waals surface area contributed by atoms with Crippen molar-refractivity contribution in [2.45, 2.75) is 31.1 Å². The normalized spacial score (nSPS) is 19.7. The molecule has 0 aliphatic carbocycles. The van der Waals surface area contributed by atoms with Crippen LogP contribution in [0, 0.1) is 5.82 Å². The Bertz CT molecular complexity index is 496. The van der Waals surface area contributed by atoms with E-state index in [1.165, 1.54) is 24.3 Å². The minimum absolute atomic E-state index is 0.106. The van der Waals surface area contributed by atoms with Gasteiger partial charge >= 0.3 is 0 Å². The summed E-state index contributed by atoms with van der Waals surface area (Å²) in [5, 5.41) is 3.32. The Morgan fingerprint density at radius 3 is 2.68 bits per heavy atom. The summed E-state index contributed by atoms with van der Waals surface area (Å²) in [5.41, 5.74) is 0.591. The lowest BCUT2D eigenvalue weighted by Gasteiger charge is -2.11. The Balaban J connectivity index is 1.79. The van der Waals surface area contributed by atoms with Crippen LogP contribution in [0.15, 0.2) is 24.3 Å². The van der Waals surface area contributed by atoms with Crippen molar-refractivity contribution < 1.29 is 12.8 Å². The highest BCUT2D eigenvalue weighted by Crippen LogP contribution is 2.09. The third-order valence-electron chi connectivity index (χ3n) is 3.25. The third-order valence-corrected chi connectivity index (χ3v) is 4.60. The lowest BCUT2D eigenvalue weighted by molar-refractivity contribution is 0.539. The predicted molar refractivity (Wildman–Crippen MR) is 72.7 cm³/mol. The maximum absolute atomic E-state index is 12.7. The topological polar surface area (TPSA) is 58.2 Å². The van der Waals surface area contributed by atoms with Gasteiger partial charge in [-0.15, -0.1) is 0 Å². The average molecular weight is 286 g/mol. The van der Waals surface area contributed by atoms with E-state index in [1.54, 1.807) is 0 Å². The summed E-state index contributed by atoms with van der Waals surface area (Å²) in [6, 6.07) is 5.95. The van der Waals surface area contributed by atoms with Crippen molar-refractivity contribution in [2.24, 2.45) is 0 Å². The lowest BCUT2D eigenvalue weighted by atomic mass is 10.2. The summed E-state index contributed by atoms with van der Waals surface area (Å²) >= 11 is 0. The Hall–Kier alpha value is -0.980. The smallest absolute Gasteiger partial charge is 0.215 e. The molecule has 1 aromatic carbocycles. The van der Waals surface area contributed by atoms with Crippen LogP contribution in [0.3, 0.4) is 0 Å². The largest absolute Gasteiger partial charge is 0.314 e. The summed E-state index contributed by atoms with van der Waals surface area (Å²) in [5.74, 6) is -0.466. The second kappa shape index (κ2) is 6.45. The van der Waals surface area contributed by atoms with Crippen LogP contribution in [0.4, 0.5) is 4.39 Å². The molecule has 4 nitrogen and oxygen atoms in total. The van der Waals surface area contributed by atoms with Gasteiger partial charge in [-0.25, -0.2) is 17.5 Å². The molecule has 0 amide bonds. The van der Waals surface area contributed by atoms with Gasteiger partial charge in [-0.2, -0.15) is 0 Å². The Labute approximate surface area is 113 Å². The SMILES string of the molecule is O=S(=O)(Cc1ccc(F)cc1)NCC[C@H]1CCCN1. The van der Waals surface area contributed by atoms with Crippen LogP contribution in [0.25, 0.3) is 0 Å². The molecule has 0 aromatic heterocycles. The molecule has 2 rings (SSSR count). The predicted octanol–water partition coefficient (Wildman–Crippen LogP) is 1.39. The number of hydrogen-bond acceptors (Lipinski definition) is 3. The van der Waals surface area contributed by atoms with Gasteiger partial charge in [0.1, 0.15) is 5.82 Å². The summed E-state index contributed by atoms with van der Waals surface area (Å²) < 4.78 is 39.0. The molecule has 2 N–H and O–H groups in total. The van der Waals surface area contributed by atoms with Crippen molar-refractivity contribution in [1.82, 2.24) is 10.0 Å². The van der Waals surface area contributed by atoms with E-state index in [4.69, 9.17) is 0 Å². The van der Waals surface area contributed by atoms with Crippen molar-refractivity contribution in [2.75, 3.05) is 13.1 Å². The van der Waals surface area contributed by atoms with E-state index in [0.717, 1.165) is 25.8 Å². The van der Waals surface area contributed by atoms with Crippen LogP contribution in [0.2, 0.25) is 0 Å². The molecule has 0 spiro atoms. The first-order valence-corrected chi connectivity index (χ1v) is 8.15. The molecule has 0 unspecified atom stereocenters. The van der Waals surface area contributed by atoms with E-state index in [0.29, 0.717) is 18.2 Å². The van der Waals surface area contributed by atoms with Gasteiger partial charge in [-0.1, -0.05) is 12.1 Å². The highest BCUT2D eigenvalue weighted by Gasteiger charge is 2.16. The van der Waals surface area contributed by atoms with E-state index >= 15 is 0 Å². The second-order valence-electron chi connectivity index (χ2n) is 4.86. The monoisotopic (exact) mass is 286 g/mol. The van der Waals surface area contributed by atoms with Crippen molar-refractivity contribution in [3.63, 3.8) is 0 Å². The van der Waals surface area contributed by atoms with Gasteiger partial charge in [0.2, 0.25) is 10.0 Å². The highest BCUT2D eigenvalue weighted by molar-refractivity contribution is 7.88. The van der Waals surface area contributed by atoms with Crippen LogP contribution in [0.5, 0.6) is 0 Å². The van der Waals surface area contributed by atoms with Gasteiger partial charge < -0.3 is 5.32 Å². The zero-order valence-corrected chi connectivity index (χ0v) is 11.5. The molecule has 0 bridgehead atoms. The average Bonchev–Trinajstić information content (AvgIpc) is 2.85. The maximum Gasteiger partial charge on any atom is 0.215 e. The molecule has 0 saturated carbocycles. The van der Waals surface area contributed by atoms with Gasteiger partial charge in [-0.3, -0.25) is 0 Å². The molecule has 19 heavy (non-hydrogen) atoms. The first-order valence-electron chi connectivity index (χ1n) is 6.50. The summed E-state index contributed by atoms with van der Waals surface area (Å²) in [6.45, 7) is 1.47. The molecule has 1 atom stereocenters. The molecule has 106 valence electrons. The second-order valence-corrected chi connectivity index (χ2v) is 6.67. The lowest BCUT2D eigenvalue weighted by Crippen LogP contribution is -2.31. The van der Waals surface area contributed by atoms with Crippen LogP contribution in [-0.2, 0) is 15.8 Å². The van der Waals surface area contributed by atoms with E-state index in [-0.39, 0.29) is 11.6 Å². The van der Waals surface area contributed by atoms with Crippen LogP contribution >= 0.6 is 0 Å². The van der Waals surface area contributed by atoms with E-state index in [1.807, 2.05) is 0 Å². The minimum atomic E-state index is -3.34. The molecule has 6 heteroatoms. The van der Waals surface area contributed by atoms with Crippen molar-refractivity contribution in [1.29, 1.82) is 0 Å². The molecule has 1 fully saturated rings. The summed E-state index contributed by atoms with van der Waals surface area (Å²) in [4.78, 5) is 0. The van der Waals surface area contributed by atoms with Gasteiger partial charge in [-0.05, 0) is 43.5 Å². The minimum Gasteiger partial charge on any atom is -0.314 e. The van der Waals surface area contributed by atoms with E-state index < -0.39 is 10.0 Å². The molecule has 1 aliphatic heterocycles. The number of nitrogens with one attached hydrogen (secondary N) is 2. The van der Waals surface area contributed by atoms with Gasteiger partial charge in [0, 0.05) is 12.6 Å². The number of halogens is 1. The van der Waals surface area contributed by atoms with Crippen molar-refractivity contribution in [3.05, 3.63) is 35.6 Å². The molecule has 0 radical (unpaired) electrons. The van der Waals surface area contributed by atoms with Gasteiger partial charge in [0.25, 0.3) is 0 Å². The highest BCUT2D eigenvalue weighted by atomic mass is 32.2. The van der Waals surface area contributed by atoms with Crippen LogP contribution in [-0.4, -0.2) is 27.5 Å². The van der Waals surface area contributed by atoms with E-state index in [2.05, 4.69) is 10.0 Å². The summed E-state index contributed by atoms with van der Waals surface area (Å²) in [6.07, 6.45) is 3.08. The first-order chi connectivity index (χ1) is 9.05. The van der Waals surface area contributed by atoms with E-state index in [9.17, 15) is 12.8 Å². The Kier molecular flexibility index (Phi) is 4.90. The van der Waals surface area contributed by atoms with Crippen LogP contribution in [0.1, 0.15) is 24.8 Å². The van der Waals surface area contributed by atoms with Crippen molar-refractivity contribution >= 4 is 10.0 Å². The van der Waals surface area contributed by atoms with Gasteiger partial charge in [0.05, 0.1) is 5.75 Å². The fraction of sp³-hybridized carbons (Fsp3) is 0.538. The maximum atomic E-state index is 12.7. The van der Waals surface area contributed by atoms with Crippen molar-refractivity contribution in [3.8, 4) is 0 Å². The summed E-state index contributed by atoms with van der Waals surface area (Å²) in [7, 11) is -3.34. The first kappa shape index (κ1) is 14.4. The number of benzene rings is 1. The third kappa shape index (κ3) is 4.89. The number of hydrogen-bond donors (Lipinski definition) is 2. The Morgan fingerprint density at radius 1 is 1.32 bits per heavy atom. The Morgan fingerprint density at radius 2 is 2.05 bits per heavy atom. The zero-order valence-electron chi connectivity index (χ0n) is 10.7. The molecule has 1 saturated heterocycles. The number of rotatable bonds is 6. The fourth-order valence-corrected chi connectivity index (χ4v) is 3.41. The molecule has 1 aromatic rings. The molecule has 1 aliphatic rings. The molecular weight excluding hydrogens is 267 g/mol. The molecular formula is C13H19FN2O2S. The quantitative estimate of drug-likeness (QED) is 0.831. The van der Waals surface area contributed by atoms with Gasteiger partial charge in [0.15, 0.2) is 0 Å².